The van der Waals surface area contributed by atoms with Gasteiger partial charge in [0.15, 0.2) is 6.61 Å². The SMILES string of the molecule is CC(C)Oc1ccc(Br)cc1C(=O)NNC(=O)COc1ccccc1. The van der Waals surface area contributed by atoms with E-state index in [4.69, 9.17) is 9.47 Å². The highest BCUT2D eigenvalue weighted by molar-refractivity contribution is 9.10. The Labute approximate surface area is 154 Å². The summed E-state index contributed by atoms with van der Waals surface area (Å²) in [6, 6.07) is 14.0. The van der Waals surface area contributed by atoms with Gasteiger partial charge in [0.1, 0.15) is 11.5 Å². The number of halogens is 1. The third kappa shape index (κ3) is 6.11. The molecule has 0 radical (unpaired) electrons. The molecule has 0 aliphatic heterocycles. The molecule has 0 aliphatic rings. The van der Waals surface area contributed by atoms with Crippen LogP contribution in [0, 0.1) is 0 Å². The second kappa shape index (κ2) is 9.08. The van der Waals surface area contributed by atoms with Crippen LogP contribution in [-0.4, -0.2) is 24.5 Å². The van der Waals surface area contributed by atoms with Crippen molar-refractivity contribution in [3.05, 3.63) is 58.6 Å². The summed E-state index contributed by atoms with van der Waals surface area (Å²) in [5, 5.41) is 0. The smallest absolute Gasteiger partial charge is 0.276 e. The van der Waals surface area contributed by atoms with E-state index in [1.165, 1.54) is 0 Å². The van der Waals surface area contributed by atoms with Gasteiger partial charge in [0.25, 0.3) is 11.8 Å². The molecule has 132 valence electrons. The molecule has 2 rings (SSSR count). The first-order chi connectivity index (χ1) is 12.0. The monoisotopic (exact) mass is 406 g/mol. The van der Waals surface area contributed by atoms with Gasteiger partial charge in [-0.15, -0.1) is 0 Å². The van der Waals surface area contributed by atoms with Crippen LogP contribution in [0.4, 0.5) is 0 Å². The average Bonchev–Trinajstić information content (AvgIpc) is 2.60. The van der Waals surface area contributed by atoms with E-state index < -0.39 is 11.8 Å². The van der Waals surface area contributed by atoms with Crippen LogP contribution < -0.4 is 20.3 Å². The minimum absolute atomic E-state index is 0.0819. The fourth-order valence-corrected chi connectivity index (χ4v) is 2.29. The molecule has 0 spiro atoms. The molecule has 25 heavy (non-hydrogen) atoms. The fraction of sp³-hybridized carbons (Fsp3) is 0.222. The van der Waals surface area contributed by atoms with Crippen molar-refractivity contribution in [1.29, 1.82) is 0 Å². The van der Waals surface area contributed by atoms with Crippen molar-refractivity contribution in [3.8, 4) is 11.5 Å². The summed E-state index contributed by atoms with van der Waals surface area (Å²) >= 11 is 3.32. The van der Waals surface area contributed by atoms with E-state index in [0.29, 0.717) is 17.1 Å². The van der Waals surface area contributed by atoms with E-state index in [1.807, 2.05) is 19.9 Å². The van der Waals surface area contributed by atoms with Gasteiger partial charge in [0, 0.05) is 4.47 Å². The van der Waals surface area contributed by atoms with Crippen molar-refractivity contribution in [3.63, 3.8) is 0 Å². The quantitative estimate of drug-likeness (QED) is 0.722. The molecule has 7 heteroatoms. The third-order valence-electron chi connectivity index (χ3n) is 2.98. The summed E-state index contributed by atoms with van der Waals surface area (Å²) in [5.74, 6) is 0.0533. The Kier molecular flexibility index (Phi) is 6.82. The number of benzene rings is 2. The van der Waals surface area contributed by atoms with Crippen molar-refractivity contribution in [1.82, 2.24) is 10.9 Å². The molecule has 0 aromatic heterocycles. The highest BCUT2D eigenvalue weighted by atomic mass is 79.9. The number of hydrazine groups is 1. The standard InChI is InChI=1S/C18H19BrN2O4/c1-12(2)25-16-9-8-13(19)10-15(16)18(23)21-20-17(22)11-24-14-6-4-3-5-7-14/h3-10,12H,11H2,1-2H3,(H,20,22)(H,21,23). The maximum atomic E-state index is 12.3. The van der Waals surface area contributed by atoms with Gasteiger partial charge in [-0.05, 0) is 44.2 Å². The maximum absolute atomic E-state index is 12.3. The van der Waals surface area contributed by atoms with E-state index >= 15 is 0 Å². The number of hydrogen-bond acceptors (Lipinski definition) is 4. The van der Waals surface area contributed by atoms with Crippen molar-refractivity contribution in [2.24, 2.45) is 0 Å². The summed E-state index contributed by atoms with van der Waals surface area (Å²) < 4.78 is 11.6. The lowest BCUT2D eigenvalue weighted by atomic mass is 10.2. The first-order valence-electron chi connectivity index (χ1n) is 7.69. The molecule has 0 saturated heterocycles. The molecule has 0 saturated carbocycles. The number of carbonyl (C=O) groups excluding carboxylic acids is 2. The van der Waals surface area contributed by atoms with E-state index in [9.17, 15) is 9.59 Å². The van der Waals surface area contributed by atoms with Gasteiger partial charge in [0.05, 0.1) is 11.7 Å². The minimum Gasteiger partial charge on any atom is -0.490 e. The Morgan fingerprint density at radius 2 is 1.80 bits per heavy atom. The largest absolute Gasteiger partial charge is 0.490 e. The normalized spacial score (nSPS) is 10.2. The zero-order chi connectivity index (χ0) is 18.2. The molecule has 6 nitrogen and oxygen atoms in total. The first-order valence-corrected chi connectivity index (χ1v) is 8.48. The highest BCUT2D eigenvalue weighted by Crippen LogP contribution is 2.24. The molecule has 2 aromatic carbocycles. The van der Waals surface area contributed by atoms with Crippen molar-refractivity contribution >= 4 is 27.7 Å². The van der Waals surface area contributed by atoms with Gasteiger partial charge in [-0.2, -0.15) is 0 Å². The molecular formula is C18H19BrN2O4. The van der Waals surface area contributed by atoms with Gasteiger partial charge in [-0.1, -0.05) is 34.1 Å². The third-order valence-corrected chi connectivity index (χ3v) is 3.47. The van der Waals surface area contributed by atoms with Crippen molar-refractivity contribution in [2.45, 2.75) is 20.0 Å². The Bertz CT molecular complexity index is 735. The Balaban J connectivity index is 1.91. The summed E-state index contributed by atoms with van der Waals surface area (Å²) in [5.41, 5.74) is 4.99. The zero-order valence-corrected chi connectivity index (χ0v) is 15.5. The second-order valence-electron chi connectivity index (χ2n) is 5.41. The zero-order valence-electron chi connectivity index (χ0n) is 13.9. The van der Waals surface area contributed by atoms with Gasteiger partial charge in [0.2, 0.25) is 0 Å². The van der Waals surface area contributed by atoms with Crippen LogP contribution in [0.5, 0.6) is 11.5 Å². The molecule has 2 aromatic rings. The van der Waals surface area contributed by atoms with Crippen LogP contribution in [0.3, 0.4) is 0 Å². The summed E-state index contributed by atoms with van der Waals surface area (Å²) in [6.07, 6.45) is -0.0819. The highest BCUT2D eigenvalue weighted by Gasteiger charge is 2.15. The molecule has 0 heterocycles. The number of para-hydroxylation sites is 1. The minimum atomic E-state index is -0.481. The number of nitrogens with one attached hydrogen (secondary N) is 2. The van der Waals surface area contributed by atoms with Crippen LogP contribution in [0.25, 0.3) is 0 Å². The lowest BCUT2D eigenvalue weighted by Crippen LogP contribution is -2.44. The molecule has 2 amide bonds. The van der Waals surface area contributed by atoms with Crippen LogP contribution in [0.2, 0.25) is 0 Å². The molecule has 0 atom stereocenters. The number of carbonyl (C=O) groups is 2. The van der Waals surface area contributed by atoms with Gasteiger partial charge >= 0.3 is 0 Å². The first kappa shape index (κ1) is 18.8. The summed E-state index contributed by atoms with van der Waals surface area (Å²) in [6.45, 7) is 3.52. The van der Waals surface area contributed by atoms with E-state index in [-0.39, 0.29) is 12.7 Å². The lowest BCUT2D eigenvalue weighted by molar-refractivity contribution is -0.123. The summed E-state index contributed by atoms with van der Waals surface area (Å²) in [7, 11) is 0. The molecule has 0 fully saturated rings. The number of amides is 2. The van der Waals surface area contributed by atoms with E-state index in [2.05, 4.69) is 26.8 Å². The predicted octanol–water partition coefficient (Wildman–Crippen LogP) is 3.08. The van der Waals surface area contributed by atoms with Crippen LogP contribution in [-0.2, 0) is 4.79 Å². The number of rotatable bonds is 6. The fourth-order valence-electron chi connectivity index (χ4n) is 1.93. The average molecular weight is 407 g/mol. The van der Waals surface area contributed by atoms with E-state index in [0.717, 1.165) is 4.47 Å². The number of ether oxygens (including phenoxy) is 2. The Morgan fingerprint density at radius 1 is 1.08 bits per heavy atom. The van der Waals surface area contributed by atoms with Crippen LogP contribution in [0.15, 0.2) is 53.0 Å². The van der Waals surface area contributed by atoms with Crippen molar-refractivity contribution < 1.29 is 19.1 Å². The molecule has 0 unspecified atom stereocenters. The Hall–Kier alpha value is -2.54. The predicted molar refractivity (Wildman–Crippen MR) is 97.5 cm³/mol. The Morgan fingerprint density at radius 3 is 2.48 bits per heavy atom. The van der Waals surface area contributed by atoms with E-state index in [1.54, 1.807) is 42.5 Å². The lowest BCUT2D eigenvalue weighted by Gasteiger charge is -2.15. The molecule has 0 bridgehead atoms. The summed E-state index contributed by atoms with van der Waals surface area (Å²) in [4.78, 5) is 24.1. The topological polar surface area (TPSA) is 76.7 Å². The molecule has 0 aliphatic carbocycles. The second-order valence-corrected chi connectivity index (χ2v) is 6.33. The van der Waals surface area contributed by atoms with Crippen LogP contribution in [0.1, 0.15) is 24.2 Å². The van der Waals surface area contributed by atoms with Gasteiger partial charge < -0.3 is 9.47 Å². The molecular weight excluding hydrogens is 388 g/mol. The van der Waals surface area contributed by atoms with Crippen LogP contribution >= 0.6 is 15.9 Å². The molecule has 2 N–H and O–H groups in total. The van der Waals surface area contributed by atoms with Gasteiger partial charge in [-0.25, -0.2) is 0 Å². The number of hydrogen-bond donors (Lipinski definition) is 2. The van der Waals surface area contributed by atoms with Gasteiger partial charge in [-0.3, -0.25) is 20.4 Å². The van der Waals surface area contributed by atoms with Crippen molar-refractivity contribution in [2.75, 3.05) is 6.61 Å². The maximum Gasteiger partial charge on any atom is 0.276 e.